The Morgan fingerprint density at radius 1 is 1.40 bits per heavy atom. The lowest BCUT2D eigenvalue weighted by Gasteiger charge is -2.14. The smallest absolute Gasteiger partial charge is 0.336 e. The van der Waals surface area contributed by atoms with Crippen molar-refractivity contribution in [1.82, 2.24) is 0 Å². The van der Waals surface area contributed by atoms with E-state index in [1.54, 1.807) is 19.9 Å². The molecule has 1 aromatic rings. The average Bonchev–Trinajstić information content (AvgIpc) is 2.39. The molecule has 0 bridgehead atoms. The van der Waals surface area contributed by atoms with Gasteiger partial charge in [-0.05, 0) is 37.1 Å². The number of ether oxygens (including phenoxy) is 1. The van der Waals surface area contributed by atoms with Crippen LogP contribution in [0.3, 0.4) is 0 Å². The van der Waals surface area contributed by atoms with Crippen LogP contribution in [0.1, 0.15) is 27.9 Å². The molecule has 0 aromatic heterocycles. The van der Waals surface area contributed by atoms with Gasteiger partial charge in [0, 0.05) is 19.3 Å². The van der Waals surface area contributed by atoms with Crippen LogP contribution < -0.4 is 11.1 Å². The SMILES string of the molecule is COC(CN)CC(=O)Nc1cc(C)c(C)c(C(=O)O)c1. The first-order valence-electron chi connectivity index (χ1n) is 6.26. The lowest BCUT2D eigenvalue weighted by molar-refractivity contribution is -0.118. The summed E-state index contributed by atoms with van der Waals surface area (Å²) in [5.41, 5.74) is 7.59. The lowest BCUT2D eigenvalue weighted by atomic mass is 10.0. The number of hydrogen-bond donors (Lipinski definition) is 3. The van der Waals surface area contributed by atoms with E-state index in [0.717, 1.165) is 5.56 Å². The number of carbonyl (C=O) groups excluding carboxylic acids is 1. The van der Waals surface area contributed by atoms with Crippen molar-refractivity contribution in [3.05, 3.63) is 28.8 Å². The van der Waals surface area contributed by atoms with Gasteiger partial charge in [-0.1, -0.05) is 0 Å². The highest BCUT2D eigenvalue weighted by Gasteiger charge is 2.14. The first kappa shape index (κ1) is 16.1. The van der Waals surface area contributed by atoms with Crippen molar-refractivity contribution in [2.24, 2.45) is 5.73 Å². The van der Waals surface area contributed by atoms with Gasteiger partial charge in [0.15, 0.2) is 0 Å². The van der Waals surface area contributed by atoms with Gasteiger partial charge in [0.2, 0.25) is 5.91 Å². The zero-order valence-corrected chi connectivity index (χ0v) is 11.9. The Hall–Kier alpha value is -1.92. The number of benzene rings is 1. The zero-order valence-electron chi connectivity index (χ0n) is 11.9. The first-order chi connectivity index (χ1) is 9.38. The fraction of sp³-hybridized carbons (Fsp3) is 0.429. The summed E-state index contributed by atoms with van der Waals surface area (Å²) in [5, 5.41) is 11.8. The highest BCUT2D eigenvalue weighted by Crippen LogP contribution is 2.20. The van der Waals surface area contributed by atoms with Crippen LogP contribution >= 0.6 is 0 Å². The van der Waals surface area contributed by atoms with Gasteiger partial charge in [0.25, 0.3) is 0 Å². The molecule has 110 valence electrons. The lowest BCUT2D eigenvalue weighted by Crippen LogP contribution is -2.28. The van der Waals surface area contributed by atoms with Crippen LogP contribution in [0.2, 0.25) is 0 Å². The van der Waals surface area contributed by atoms with Crippen molar-refractivity contribution >= 4 is 17.6 Å². The number of carboxylic acid groups (broad SMARTS) is 1. The molecule has 0 spiro atoms. The molecule has 1 unspecified atom stereocenters. The van der Waals surface area contributed by atoms with Gasteiger partial charge in [-0.3, -0.25) is 4.79 Å². The normalized spacial score (nSPS) is 12.0. The number of hydrogen-bond acceptors (Lipinski definition) is 4. The summed E-state index contributed by atoms with van der Waals surface area (Å²) in [7, 11) is 1.49. The Morgan fingerprint density at radius 2 is 2.05 bits per heavy atom. The predicted octanol–water partition coefficient (Wildman–Crippen LogP) is 1.30. The number of carbonyl (C=O) groups is 2. The summed E-state index contributed by atoms with van der Waals surface area (Å²) in [6.07, 6.45) is -0.219. The van der Waals surface area contributed by atoms with Gasteiger partial charge in [-0.25, -0.2) is 4.79 Å². The van der Waals surface area contributed by atoms with E-state index in [4.69, 9.17) is 15.6 Å². The minimum Gasteiger partial charge on any atom is -0.478 e. The maximum atomic E-state index is 11.8. The van der Waals surface area contributed by atoms with Crippen molar-refractivity contribution in [2.75, 3.05) is 19.0 Å². The molecule has 0 radical (unpaired) electrons. The molecule has 6 nitrogen and oxygen atoms in total. The van der Waals surface area contributed by atoms with Crippen LogP contribution in [0.15, 0.2) is 12.1 Å². The number of aryl methyl sites for hydroxylation is 1. The highest BCUT2D eigenvalue weighted by molar-refractivity contribution is 5.95. The molecule has 1 rings (SSSR count). The second kappa shape index (κ2) is 7.02. The van der Waals surface area contributed by atoms with E-state index >= 15 is 0 Å². The zero-order chi connectivity index (χ0) is 15.3. The van der Waals surface area contributed by atoms with E-state index < -0.39 is 5.97 Å². The largest absolute Gasteiger partial charge is 0.478 e. The van der Waals surface area contributed by atoms with Crippen molar-refractivity contribution in [3.63, 3.8) is 0 Å². The van der Waals surface area contributed by atoms with E-state index in [1.165, 1.54) is 13.2 Å². The Labute approximate surface area is 117 Å². The number of carboxylic acids is 1. The topological polar surface area (TPSA) is 102 Å². The van der Waals surface area contributed by atoms with Crippen molar-refractivity contribution in [2.45, 2.75) is 26.4 Å². The first-order valence-corrected chi connectivity index (χ1v) is 6.26. The average molecular weight is 280 g/mol. The van der Waals surface area contributed by atoms with E-state index in [1.807, 2.05) is 0 Å². The number of amides is 1. The van der Waals surface area contributed by atoms with E-state index in [9.17, 15) is 9.59 Å². The van der Waals surface area contributed by atoms with Gasteiger partial charge < -0.3 is 20.9 Å². The van der Waals surface area contributed by atoms with Crippen LogP contribution in [-0.2, 0) is 9.53 Å². The van der Waals surface area contributed by atoms with Crippen molar-refractivity contribution in [1.29, 1.82) is 0 Å². The number of rotatable bonds is 6. The highest BCUT2D eigenvalue weighted by atomic mass is 16.5. The molecular formula is C14H20N2O4. The maximum Gasteiger partial charge on any atom is 0.336 e. The maximum absolute atomic E-state index is 11.8. The number of nitrogens with two attached hydrogens (primary N) is 1. The van der Waals surface area contributed by atoms with Crippen molar-refractivity contribution < 1.29 is 19.4 Å². The number of methoxy groups -OCH3 is 1. The van der Waals surface area contributed by atoms with Crippen LogP contribution in [-0.4, -0.2) is 36.7 Å². The van der Waals surface area contributed by atoms with Crippen molar-refractivity contribution in [3.8, 4) is 0 Å². The van der Waals surface area contributed by atoms with E-state index in [0.29, 0.717) is 11.3 Å². The quantitative estimate of drug-likeness (QED) is 0.729. The second-order valence-corrected chi connectivity index (χ2v) is 4.62. The monoisotopic (exact) mass is 280 g/mol. The summed E-state index contributed by atoms with van der Waals surface area (Å²) in [6, 6.07) is 3.19. The van der Waals surface area contributed by atoms with E-state index in [2.05, 4.69) is 5.32 Å². The predicted molar refractivity (Wildman–Crippen MR) is 76.0 cm³/mol. The Kier molecular flexibility index (Phi) is 5.66. The standard InChI is InChI=1S/C14H20N2O4/c1-8-4-10(5-12(9(8)2)14(18)19)16-13(17)6-11(7-15)20-3/h4-5,11H,6-7,15H2,1-3H3,(H,16,17)(H,18,19). The molecule has 1 atom stereocenters. The molecule has 1 aromatic carbocycles. The third-order valence-corrected chi connectivity index (χ3v) is 3.19. The summed E-state index contributed by atoms with van der Waals surface area (Å²) in [5.74, 6) is -1.28. The number of nitrogens with one attached hydrogen (secondary N) is 1. The molecule has 0 aliphatic carbocycles. The van der Waals surface area contributed by atoms with Gasteiger partial charge in [0.05, 0.1) is 18.1 Å². The Balaban J connectivity index is 2.88. The summed E-state index contributed by atoms with van der Waals surface area (Å²) in [6.45, 7) is 3.78. The Morgan fingerprint density at radius 3 is 2.55 bits per heavy atom. The second-order valence-electron chi connectivity index (χ2n) is 4.62. The molecule has 4 N–H and O–H groups in total. The van der Waals surface area contributed by atoms with Crippen LogP contribution in [0, 0.1) is 13.8 Å². The third-order valence-electron chi connectivity index (χ3n) is 3.19. The van der Waals surface area contributed by atoms with Gasteiger partial charge in [0.1, 0.15) is 0 Å². The molecule has 0 aliphatic heterocycles. The molecular weight excluding hydrogens is 260 g/mol. The molecule has 6 heteroatoms. The Bertz CT molecular complexity index is 510. The number of aromatic carboxylic acids is 1. The summed E-state index contributed by atoms with van der Waals surface area (Å²) < 4.78 is 5.03. The number of anilines is 1. The minimum atomic E-state index is -1.02. The minimum absolute atomic E-state index is 0.127. The van der Waals surface area contributed by atoms with Crippen LogP contribution in [0.5, 0.6) is 0 Å². The molecule has 0 saturated heterocycles. The molecule has 0 fully saturated rings. The van der Waals surface area contributed by atoms with E-state index in [-0.39, 0.29) is 30.5 Å². The summed E-state index contributed by atoms with van der Waals surface area (Å²) >= 11 is 0. The third kappa shape index (κ3) is 4.04. The van der Waals surface area contributed by atoms with Crippen LogP contribution in [0.25, 0.3) is 0 Å². The molecule has 0 aliphatic rings. The van der Waals surface area contributed by atoms with Crippen LogP contribution in [0.4, 0.5) is 5.69 Å². The van der Waals surface area contributed by atoms with Gasteiger partial charge in [-0.15, -0.1) is 0 Å². The van der Waals surface area contributed by atoms with Gasteiger partial charge >= 0.3 is 5.97 Å². The molecule has 20 heavy (non-hydrogen) atoms. The molecule has 0 heterocycles. The molecule has 1 amide bonds. The fourth-order valence-corrected chi connectivity index (χ4v) is 1.84. The van der Waals surface area contributed by atoms with Gasteiger partial charge in [-0.2, -0.15) is 0 Å². The fourth-order valence-electron chi connectivity index (χ4n) is 1.84. The molecule has 0 saturated carbocycles. The summed E-state index contributed by atoms with van der Waals surface area (Å²) in [4.78, 5) is 23.0.